The molecule has 0 saturated carbocycles. The number of nitrogens with two attached hydrogens (primary N) is 1. The molecule has 50 valence electrons. The van der Waals surface area contributed by atoms with Gasteiger partial charge in [0.2, 0.25) is 0 Å². The van der Waals surface area contributed by atoms with Crippen LogP contribution in [0.1, 0.15) is 0 Å². The fourth-order valence-corrected chi connectivity index (χ4v) is 1.01. The van der Waals surface area contributed by atoms with Gasteiger partial charge >= 0.3 is 4.53 Å². The Morgan fingerprint density at radius 1 is 1.25 bits per heavy atom. The summed E-state index contributed by atoms with van der Waals surface area (Å²) in [6, 6.07) is 0. The van der Waals surface area contributed by atoms with Gasteiger partial charge in [-0.15, -0.1) is 0 Å². The van der Waals surface area contributed by atoms with Gasteiger partial charge in [-0.3, -0.25) is 34.4 Å². The van der Waals surface area contributed by atoms with Crippen LogP contribution in [0.5, 0.6) is 0 Å². The molecule has 0 radical (unpaired) electrons. The Balaban J connectivity index is 3.39. The van der Waals surface area contributed by atoms with Gasteiger partial charge in [0, 0.05) is 14.1 Å². The molecule has 6 heteroatoms. The van der Waals surface area contributed by atoms with E-state index in [0.29, 0.717) is 0 Å². The minimum absolute atomic E-state index is 1.55. The molecule has 2 nitrogen and oxygen atoms in total. The number of nitrogens with zero attached hydrogens (tertiary/aromatic N) is 1. The van der Waals surface area contributed by atoms with Crippen molar-refractivity contribution in [3.8, 4) is 0 Å². The maximum atomic E-state index is 5.42. The van der Waals surface area contributed by atoms with Gasteiger partial charge in [0.05, 0.1) is 0 Å². The summed E-state index contributed by atoms with van der Waals surface area (Å²) in [5, 5.41) is 3.26. The molecule has 0 spiro atoms. The summed E-state index contributed by atoms with van der Waals surface area (Å²) in [5.41, 5.74) is 0. The van der Waals surface area contributed by atoms with Crippen LogP contribution in [0.25, 0.3) is 0 Å². The molecule has 0 rings (SSSR count). The summed E-state index contributed by atoms with van der Waals surface area (Å²) in [6.45, 7) is 0. The first-order chi connectivity index (χ1) is 3.42. The smallest absolute Gasteiger partial charge is 0.411 e. The number of quaternary nitrogens is 1. The van der Waals surface area contributed by atoms with Crippen molar-refractivity contribution in [1.82, 2.24) is 5.01 Å². The molecule has 0 aliphatic heterocycles. The van der Waals surface area contributed by atoms with Crippen molar-refractivity contribution in [3.63, 3.8) is 0 Å². The molecule has 0 bridgehead atoms. The van der Waals surface area contributed by atoms with E-state index in [1.54, 1.807) is 10.3 Å². The second-order valence-electron chi connectivity index (χ2n) is 1.74. The van der Waals surface area contributed by atoms with Crippen LogP contribution in [-0.2, 0) is 0 Å². The van der Waals surface area contributed by atoms with Crippen molar-refractivity contribution in [1.29, 1.82) is 0 Å². The van der Waals surface area contributed by atoms with Crippen LogP contribution < -0.4 is 5.34 Å². The Morgan fingerprint density at radius 2 is 1.62 bits per heavy atom. The molecule has 0 saturated heterocycles. The molecular formula is C2H8BCl3N2. The highest BCUT2D eigenvalue weighted by Crippen LogP contribution is 2.08. The number of rotatable bonds is 2. The van der Waals surface area contributed by atoms with Crippen molar-refractivity contribution >= 4 is 38.9 Å². The first-order valence-electron chi connectivity index (χ1n) is 2.14. The molecule has 0 aromatic carbocycles. The predicted octanol–water partition coefficient (Wildman–Crippen LogP) is 0.178. The highest BCUT2D eigenvalue weighted by Gasteiger charge is 2.21. The van der Waals surface area contributed by atoms with Crippen LogP contribution in [0.4, 0.5) is 0 Å². The van der Waals surface area contributed by atoms with Crippen LogP contribution in [0.3, 0.4) is 0 Å². The highest BCUT2D eigenvalue weighted by atomic mass is 35.6. The van der Waals surface area contributed by atoms with E-state index in [9.17, 15) is 0 Å². The zero-order valence-electron chi connectivity index (χ0n) is 4.74. The van der Waals surface area contributed by atoms with Crippen LogP contribution in [0.15, 0.2) is 0 Å². The van der Waals surface area contributed by atoms with Crippen molar-refractivity contribution in [3.05, 3.63) is 0 Å². The first kappa shape index (κ1) is 8.85. The fourth-order valence-electron chi connectivity index (χ4n) is 0.338. The summed E-state index contributed by atoms with van der Waals surface area (Å²) in [4.78, 5) is 0. The standard InChI is InChI=1S/C2H8BCl3N2/c1-8(2)7-3(4,5)6/h7H2,1-2H3. The Kier molecular flexibility index (Phi) is 3.47. The van der Waals surface area contributed by atoms with Gasteiger partial charge in [-0.1, -0.05) is 0 Å². The Labute approximate surface area is 63.7 Å². The summed E-state index contributed by atoms with van der Waals surface area (Å²) in [6.07, 6.45) is 0. The molecule has 8 heavy (non-hydrogen) atoms. The number of halogens is 3. The Morgan fingerprint density at radius 3 is 1.62 bits per heavy atom. The van der Waals surface area contributed by atoms with Gasteiger partial charge < -0.3 is 5.34 Å². The lowest BCUT2D eigenvalue weighted by atomic mass is 10.4. The largest absolute Gasteiger partial charge is 0.477 e. The number of hydrogen-bond donors (Lipinski definition) is 1. The van der Waals surface area contributed by atoms with Gasteiger partial charge in [-0.2, -0.15) is 0 Å². The Hall–Kier alpha value is 0.855. The van der Waals surface area contributed by atoms with Crippen LogP contribution in [0.2, 0.25) is 0 Å². The first-order valence-corrected chi connectivity index (χ1v) is 3.45. The van der Waals surface area contributed by atoms with E-state index in [1.165, 1.54) is 0 Å². The normalized spacial score (nSPS) is 12.8. The zero-order chi connectivity index (χ0) is 6.78. The lowest BCUT2D eigenvalue weighted by molar-refractivity contribution is -0.682. The SMILES string of the molecule is CN(C)[NH2+][B-](Cl)(Cl)Cl. The van der Waals surface area contributed by atoms with Gasteiger partial charge in [-0.05, 0) is 0 Å². The third-order valence-corrected chi connectivity index (χ3v) is 0.805. The molecule has 0 unspecified atom stereocenters. The maximum Gasteiger partial charge on any atom is 0.477 e. The van der Waals surface area contributed by atoms with E-state index in [-0.39, 0.29) is 0 Å². The molecule has 0 aromatic heterocycles. The minimum Gasteiger partial charge on any atom is -0.411 e. The van der Waals surface area contributed by atoms with Crippen molar-refractivity contribution in [2.24, 2.45) is 0 Å². The second kappa shape index (κ2) is 3.13. The lowest BCUT2D eigenvalue weighted by Gasteiger charge is -2.20. The molecule has 2 N–H and O–H groups in total. The predicted molar refractivity (Wildman–Crippen MR) is 38.9 cm³/mol. The lowest BCUT2D eigenvalue weighted by Crippen LogP contribution is -3.01. The maximum absolute atomic E-state index is 5.42. The average Bonchev–Trinajstić information content (AvgIpc) is 1.21. The average molecular weight is 177 g/mol. The minimum atomic E-state index is -1.82. The quantitative estimate of drug-likeness (QED) is 0.362. The van der Waals surface area contributed by atoms with E-state index < -0.39 is 4.53 Å². The number of hydrogen-bond acceptors (Lipinski definition) is 1. The van der Waals surface area contributed by atoms with E-state index in [2.05, 4.69) is 0 Å². The van der Waals surface area contributed by atoms with Crippen LogP contribution in [-0.4, -0.2) is 23.6 Å². The molecule has 0 fully saturated rings. The molecular weight excluding hydrogens is 169 g/mol. The monoisotopic (exact) mass is 176 g/mol. The van der Waals surface area contributed by atoms with Crippen LogP contribution in [0, 0.1) is 0 Å². The third kappa shape index (κ3) is 6.85. The van der Waals surface area contributed by atoms with Gasteiger partial charge in [0.25, 0.3) is 0 Å². The van der Waals surface area contributed by atoms with Crippen molar-refractivity contribution in [2.75, 3.05) is 14.1 Å². The van der Waals surface area contributed by atoms with Gasteiger partial charge in [0.1, 0.15) is 0 Å². The summed E-state index contributed by atoms with van der Waals surface area (Å²) in [5.74, 6) is 0. The molecule has 0 atom stereocenters. The van der Waals surface area contributed by atoms with Crippen molar-refractivity contribution < 1.29 is 5.34 Å². The summed E-state index contributed by atoms with van der Waals surface area (Å²) in [7, 11) is 3.62. The molecule has 0 amide bonds. The van der Waals surface area contributed by atoms with Crippen LogP contribution >= 0.6 is 34.4 Å². The zero-order valence-corrected chi connectivity index (χ0v) is 7.00. The van der Waals surface area contributed by atoms with E-state index in [4.69, 9.17) is 34.4 Å². The fraction of sp³-hybridized carbons (Fsp3) is 1.00. The highest BCUT2D eigenvalue weighted by molar-refractivity contribution is 7.60. The third-order valence-electron chi connectivity index (χ3n) is 0.467. The Bertz CT molecular complexity index is 70.2. The van der Waals surface area contributed by atoms with Crippen molar-refractivity contribution in [2.45, 2.75) is 0 Å². The topological polar surface area (TPSA) is 19.9 Å². The molecule has 0 aromatic rings. The molecule has 0 heterocycles. The molecule has 0 aliphatic rings. The van der Waals surface area contributed by atoms with Gasteiger partial charge in [0.15, 0.2) is 0 Å². The summed E-state index contributed by atoms with van der Waals surface area (Å²) >= 11 is 16.3. The van der Waals surface area contributed by atoms with E-state index in [0.717, 1.165) is 0 Å². The molecule has 0 aliphatic carbocycles. The second-order valence-corrected chi connectivity index (χ2v) is 4.47. The summed E-state index contributed by atoms with van der Waals surface area (Å²) < 4.78 is -1.82. The van der Waals surface area contributed by atoms with E-state index in [1.807, 2.05) is 14.1 Å². The van der Waals surface area contributed by atoms with E-state index >= 15 is 0 Å². The van der Waals surface area contributed by atoms with Gasteiger partial charge in [-0.25, -0.2) is 5.01 Å².